The molecule has 1 fully saturated rings. The van der Waals surface area contributed by atoms with Crippen LogP contribution in [-0.4, -0.2) is 45.2 Å². The van der Waals surface area contributed by atoms with Crippen molar-refractivity contribution in [2.75, 3.05) is 13.1 Å². The quantitative estimate of drug-likeness (QED) is 0.916. The molecular weight excluding hydrogens is 322 g/mol. The lowest BCUT2D eigenvalue weighted by Crippen LogP contribution is -2.40. The monoisotopic (exact) mass is 343 g/mol. The average molecular weight is 343 g/mol. The molecule has 1 aromatic heterocycles. The molecule has 1 unspecified atom stereocenters. The van der Waals surface area contributed by atoms with Crippen LogP contribution >= 0.6 is 0 Å². The molecule has 1 saturated heterocycles. The first-order chi connectivity index (χ1) is 11.8. The Hall–Kier alpha value is -2.70. The first-order valence-electron chi connectivity index (χ1n) is 8.27. The molecule has 0 bridgehead atoms. The molecule has 1 aromatic carbocycles. The lowest BCUT2D eigenvalue weighted by Gasteiger charge is -2.28. The summed E-state index contributed by atoms with van der Waals surface area (Å²) in [6.45, 7) is 6.19. The number of benzene rings is 1. The van der Waals surface area contributed by atoms with Gasteiger partial charge in [-0.1, -0.05) is 13.8 Å². The van der Waals surface area contributed by atoms with E-state index in [4.69, 9.17) is 4.42 Å². The number of hydrogen-bond donors (Lipinski definition) is 1. The van der Waals surface area contributed by atoms with Gasteiger partial charge >= 0.3 is 5.97 Å². The molecule has 2 aromatic rings. The molecule has 2 heterocycles. The number of amides is 1. The average Bonchev–Trinajstić information content (AvgIpc) is 3.22. The number of nitrogens with zero attached hydrogens (tertiary/aromatic N) is 3. The molecule has 0 radical (unpaired) electrons. The van der Waals surface area contributed by atoms with E-state index in [2.05, 4.69) is 10.2 Å². The Balaban J connectivity index is 1.77. The Morgan fingerprint density at radius 3 is 2.40 bits per heavy atom. The van der Waals surface area contributed by atoms with Gasteiger partial charge in [-0.05, 0) is 36.6 Å². The molecular formula is C18H21N3O4. The van der Waals surface area contributed by atoms with Crippen molar-refractivity contribution < 1.29 is 19.1 Å². The molecule has 7 heteroatoms. The van der Waals surface area contributed by atoms with Crippen LogP contribution in [0.25, 0.3) is 11.5 Å². The number of likely N-dealkylation sites (tertiary alicyclic amines) is 1. The Morgan fingerprint density at radius 1 is 1.24 bits per heavy atom. The largest absolute Gasteiger partial charge is 0.481 e. The summed E-state index contributed by atoms with van der Waals surface area (Å²) in [5, 5.41) is 17.3. The predicted octanol–water partition coefficient (Wildman–Crippen LogP) is 2.62. The molecule has 25 heavy (non-hydrogen) atoms. The minimum atomic E-state index is -0.864. The molecule has 1 amide bonds. The van der Waals surface area contributed by atoms with Crippen molar-refractivity contribution in [3.8, 4) is 11.5 Å². The summed E-state index contributed by atoms with van der Waals surface area (Å²) in [6.07, 6.45) is 0.477. The number of hydrogen-bond acceptors (Lipinski definition) is 5. The van der Waals surface area contributed by atoms with Gasteiger partial charge in [0.15, 0.2) is 0 Å². The minimum absolute atomic E-state index is 0.0362. The number of rotatable bonds is 4. The van der Waals surface area contributed by atoms with Gasteiger partial charge in [0, 0.05) is 31.1 Å². The Bertz CT molecular complexity index is 797. The molecule has 132 valence electrons. The van der Waals surface area contributed by atoms with Crippen molar-refractivity contribution in [1.82, 2.24) is 15.1 Å². The van der Waals surface area contributed by atoms with Crippen LogP contribution in [0.1, 0.15) is 36.5 Å². The van der Waals surface area contributed by atoms with Gasteiger partial charge in [-0.2, -0.15) is 0 Å². The number of aryl methyl sites for hydroxylation is 1. The topological polar surface area (TPSA) is 96.5 Å². The molecule has 0 saturated carbocycles. The normalized spacial score (nSPS) is 20.2. The lowest BCUT2D eigenvalue weighted by atomic mass is 9.76. The van der Waals surface area contributed by atoms with E-state index in [9.17, 15) is 14.7 Å². The van der Waals surface area contributed by atoms with Crippen molar-refractivity contribution in [3.63, 3.8) is 0 Å². The van der Waals surface area contributed by atoms with Gasteiger partial charge in [-0.25, -0.2) is 0 Å². The maximum Gasteiger partial charge on any atom is 0.311 e. The van der Waals surface area contributed by atoms with Gasteiger partial charge in [0.1, 0.15) is 0 Å². The summed E-state index contributed by atoms with van der Waals surface area (Å²) >= 11 is 0. The predicted molar refractivity (Wildman–Crippen MR) is 89.9 cm³/mol. The van der Waals surface area contributed by atoms with Crippen LogP contribution in [0.3, 0.4) is 0 Å². The zero-order chi connectivity index (χ0) is 18.2. The van der Waals surface area contributed by atoms with Crippen molar-refractivity contribution in [2.24, 2.45) is 11.3 Å². The van der Waals surface area contributed by atoms with E-state index in [0.717, 1.165) is 5.56 Å². The minimum Gasteiger partial charge on any atom is -0.481 e. The number of aliphatic carboxylic acids is 1. The van der Waals surface area contributed by atoms with Gasteiger partial charge in [-0.15, -0.1) is 10.2 Å². The van der Waals surface area contributed by atoms with Crippen LogP contribution in [0.5, 0.6) is 0 Å². The second-order valence-corrected chi connectivity index (χ2v) is 6.80. The van der Waals surface area contributed by atoms with Crippen LogP contribution < -0.4 is 0 Å². The summed E-state index contributed by atoms with van der Waals surface area (Å²) in [5.74, 6) is -0.142. The summed E-state index contributed by atoms with van der Waals surface area (Å²) in [4.78, 5) is 26.1. The zero-order valence-corrected chi connectivity index (χ0v) is 14.5. The Morgan fingerprint density at radius 2 is 1.92 bits per heavy atom. The molecule has 1 aliphatic heterocycles. The van der Waals surface area contributed by atoms with Crippen LogP contribution in [0, 0.1) is 18.3 Å². The van der Waals surface area contributed by atoms with Crippen molar-refractivity contribution in [1.29, 1.82) is 0 Å². The number of carbonyl (C=O) groups is 2. The van der Waals surface area contributed by atoms with Crippen LogP contribution in [0.15, 0.2) is 28.7 Å². The molecule has 1 atom stereocenters. The van der Waals surface area contributed by atoms with Crippen LogP contribution in [0.4, 0.5) is 0 Å². The maximum absolute atomic E-state index is 12.7. The third kappa shape index (κ3) is 3.01. The molecule has 3 rings (SSSR count). The Labute approximate surface area is 145 Å². The van der Waals surface area contributed by atoms with Gasteiger partial charge in [-0.3, -0.25) is 9.59 Å². The summed E-state index contributed by atoms with van der Waals surface area (Å²) in [6, 6.07) is 6.91. The van der Waals surface area contributed by atoms with Crippen molar-refractivity contribution in [3.05, 3.63) is 35.7 Å². The van der Waals surface area contributed by atoms with Gasteiger partial charge in [0.05, 0.1) is 5.41 Å². The number of carbonyl (C=O) groups excluding carboxylic acids is 1. The maximum atomic E-state index is 12.7. The SMILES string of the molecule is Cc1nnc(-c2ccc(C(=O)N3CCC(C(=O)O)(C(C)C)C3)cc2)o1. The van der Waals surface area contributed by atoms with Gasteiger partial charge in [0.25, 0.3) is 5.91 Å². The molecule has 7 nitrogen and oxygen atoms in total. The first-order valence-corrected chi connectivity index (χ1v) is 8.27. The Kier molecular flexibility index (Phi) is 4.32. The molecule has 0 aliphatic carbocycles. The lowest BCUT2D eigenvalue weighted by molar-refractivity contribution is -0.150. The summed E-state index contributed by atoms with van der Waals surface area (Å²) in [7, 11) is 0. The molecule has 1 aliphatic rings. The molecule has 0 spiro atoms. The van der Waals surface area contributed by atoms with Crippen LogP contribution in [-0.2, 0) is 4.79 Å². The zero-order valence-electron chi connectivity index (χ0n) is 14.5. The van der Waals surface area contributed by atoms with Crippen molar-refractivity contribution in [2.45, 2.75) is 27.2 Å². The van der Waals surface area contributed by atoms with E-state index in [-0.39, 0.29) is 18.4 Å². The second kappa shape index (κ2) is 6.31. The first kappa shape index (κ1) is 17.1. The number of carboxylic acid groups (broad SMARTS) is 1. The standard InChI is InChI=1S/C18H21N3O4/c1-11(2)18(17(23)24)8-9-21(10-18)16(22)14-6-4-13(5-7-14)15-20-19-12(3)25-15/h4-7,11H,8-10H2,1-3H3,(H,23,24). The molecule has 1 N–H and O–H groups in total. The highest BCUT2D eigenvalue weighted by Crippen LogP contribution is 2.38. The van der Waals surface area contributed by atoms with E-state index in [1.54, 1.807) is 36.1 Å². The van der Waals surface area contributed by atoms with Gasteiger partial charge in [0.2, 0.25) is 11.8 Å². The van der Waals surface area contributed by atoms with Crippen molar-refractivity contribution >= 4 is 11.9 Å². The van der Waals surface area contributed by atoms with E-state index < -0.39 is 11.4 Å². The van der Waals surface area contributed by atoms with E-state index in [0.29, 0.717) is 30.3 Å². The van der Waals surface area contributed by atoms with E-state index in [1.807, 2.05) is 13.8 Å². The highest BCUT2D eigenvalue weighted by molar-refractivity contribution is 5.95. The van der Waals surface area contributed by atoms with E-state index in [1.165, 1.54) is 0 Å². The fourth-order valence-corrected chi connectivity index (χ4v) is 3.25. The highest BCUT2D eigenvalue weighted by Gasteiger charge is 2.48. The third-order valence-electron chi connectivity index (χ3n) is 5.02. The van der Waals surface area contributed by atoms with Gasteiger partial charge < -0.3 is 14.4 Å². The second-order valence-electron chi connectivity index (χ2n) is 6.80. The summed E-state index contributed by atoms with van der Waals surface area (Å²) in [5.41, 5.74) is 0.391. The summed E-state index contributed by atoms with van der Waals surface area (Å²) < 4.78 is 5.37. The fraction of sp³-hybridized carbons (Fsp3) is 0.444. The third-order valence-corrected chi connectivity index (χ3v) is 5.02. The van der Waals surface area contributed by atoms with E-state index >= 15 is 0 Å². The number of aromatic nitrogens is 2. The smallest absolute Gasteiger partial charge is 0.311 e. The highest BCUT2D eigenvalue weighted by atomic mass is 16.4. The number of carboxylic acids is 1. The van der Waals surface area contributed by atoms with Crippen LogP contribution in [0.2, 0.25) is 0 Å². The fourth-order valence-electron chi connectivity index (χ4n) is 3.25.